The highest BCUT2D eigenvalue weighted by Crippen LogP contribution is 2.09. The Morgan fingerprint density at radius 1 is 1.78 bits per heavy atom. The summed E-state index contributed by atoms with van der Waals surface area (Å²) in [4.78, 5) is 4.22. The average molecular weight is 123 g/mol. The molecule has 0 saturated carbocycles. The van der Waals surface area contributed by atoms with Crippen LogP contribution in [-0.2, 0) is 0 Å². The summed E-state index contributed by atoms with van der Waals surface area (Å²) in [5, 5.41) is 0. The number of allylic oxidation sites excluding steroid dienone is 1. The van der Waals surface area contributed by atoms with Crippen LogP contribution in [-0.4, -0.2) is 12.8 Å². The largest absolute Gasteiger partial charge is 0.292 e. The minimum absolute atomic E-state index is 0.657. The summed E-state index contributed by atoms with van der Waals surface area (Å²) in [6, 6.07) is 0. The van der Waals surface area contributed by atoms with Crippen molar-refractivity contribution < 1.29 is 0 Å². The molecule has 0 fully saturated rings. The van der Waals surface area contributed by atoms with Gasteiger partial charge < -0.3 is 0 Å². The fourth-order valence-corrected chi connectivity index (χ4v) is 1.01. The van der Waals surface area contributed by atoms with Gasteiger partial charge >= 0.3 is 0 Å². The Morgan fingerprint density at radius 3 is 3.00 bits per heavy atom. The molecule has 0 aromatic carbocycles. The summed E-state index contributed by atoms with van der Waals surface area (Å²) in [7, 11) is 0. The third-order valence-electron chi connectivity index (χ3n) is 1.56. The van der Waals surface area contributed by atoms with E-state index in [2.05, 4.69) is 24.9 Å². The molecular weight excluding hydrogens is 110 g/mol. The summed E-state index contributed by atoms with van der Waals surface area (Å²) in [6.45, 7) is 5.34. The van der Waals surface area contributed by atoms with Crippen LogP contribution in [0.15, 0.2) is 16.6 Å². The molecule has 0 aliphatic carbocycles. The number of aliphatic imine (C=N–C) groups is 1. The summed E-state index contributed by atoms with van der Waals surface area (Å²) >= 11 is 0. The van der Waals surface area contributed by atoms with Crippen LogP contribution in [0.25, 0.3) is 0 Å². The van der Waals surface area contributed by atoms with Gasteiger partial charge in [-0.15, -0.1) is 0 Å². The van der Waals surface area contributed by atoms with E-state index in [1.54, 1.807) is 0 Å². The van der Waals surface area contributed by atoms with E-state index in [9.17, 15) is 0 Å². The first kappa shape index (κ1) is 6.53. The molecule has 1 nitrogen and oxygen atoms in total. The van der Waals surface area contributed by atoms with Crippen LogP contribution in [0.1, 0.15) is 20.3 Å². The Kier molecular flexibility index (Phi) is 2.04. The number of hydrogen-bond donors (Lipinski definition) is 0. The topological polar surface area (TPSA) is 12.4 Å². The predicted octanol–water partition coefficient (Wildman–Crippen LogP) is 2.04. The lowest BCUT2D eigenvalue weighted by molar-refractivity contribution is 0.726. The van der Waals surface area contributed by atoms with Gasteiger partial charge in [-0.25, -0.2) is 0 Å². The second kappa shape index (κ2) is 2.81. The number of dihydropyridines is 1. The maximum Gasteiger partial charge on any atom is 0.0449 e. The van der Waals surface area contributed by atoms with Crippen molar-refractivity contribution >= 4 is 6.21 Å². The zero-order chi connectivity index (χ0) is 6.69. The Labute approximate surface area is 56.5 Å². The minimum Gasteiger partial charge on any atom is -0.292 e. The quantitative estimate of drug-likeness (QED) is 0.506. The van der Waals surface area contributed by atoms with Crippen molar-refractivity contribution in [3.05, 3.63) is 11.6 Å². The van der Waals surface area contributed by atoms with Crippen LogP contribution in [0.4, 0.5) is 0 Å². The Bertz CT molecular complexity index is 145. The highest BCUT2D eigenvalue weighted by Gasteiger charge is 2.01. The highest BCUT2D eigenvalue weighted by atomic mass is 14.7. The average Bonchev–Trinajstić information content (AvgIpc) is 1.88. The molecule has 0 spiro atoms. The van der Waals surface area contributed by atoms with Crippen molar-refractivity contribution in [2.75, 3.05) is 6.54 Å². The van der Waals surface area contributed by atoms with Crippen molar-refractivity contribution in [1.29, 1.82) is 0 Å². The second-order valence-electron chi connectivity index (χ2n) is 2.57. The first-order valence-corrected chi connectivity index (χ1v) is 3.53. The van der Waals surface area contributed by atoms with Crippen LogP contribution >= 0.6 is 0 Å². The molecule has 0 amide bonds. The van der Waals surface area contributed by atoms with Gasteiger partial charge in [-0.3, -0.25) is 4.99 Å². The molecule has 1 heteroatoms. The van der Waals surface area contributed by atoms with Gasteiger partial charge in [0.25, 0.3) is 0 Å². The summed E-state index contributed by atoms with van der Waals surface area (Å²) in [5.74, 6) is 0.657. The maximum absolute atomic E-state index is 4.22. The number of rotatable bonds is 1. The zero-order valence-corrected chi connectivity index (χ0v) is 6.09. The summed E-state index contributed by atoms with van der Waals surface area (Å²) < 4.78 is 0. The second-order valence-corrected chi connectivity index (χ2v) is 2.57. The van der Waals surface area contributed by atoms with Gasteiger partial charge in [-0.2, -0.15) is 0 Å². The molecule has 9 heavy (non-hydrogen) atoms. The van der Waals surface area contributed by atoms with E-state index in [-0.39, 0.29) is 0 Å². The first-order valence-electron chi connectivity index (χ1n) is 3.53. The maximum atomic E-state index is 4.22. The lowest BCUT2D eigenvalue weighted by Gasteiger charge is -2.09. The van der Waals surface area contributed by atoms with Gasteiger partial charge in [0.05, 0.1) is 0 Å². The predicted molar refractivity (Wildman–Crippen MR) is 40.9 cm³/mol. The molecule has 1 heterocycles. The molecule has 50 valence electrons. The van der Waals surface area contributed by atoms with Crippen LogP contribution in [0.2, 0.25) is 0 Å². The number of hydrogen-bond acceptors (Lipinski definition) is 1. The fourth-order valence-electron chi connectivity index (χ4n) is 1.01. The smallest absolute Gasteiger partial charge is 0.0449 e. The van der Waals surface area contributed by atoms with Crippen LogP contribution in [0, 0.1) is 5.92 Å². The lowest BCUT2D eigenvalue weighted by atomic mass is 10.0. The van der Waals surface area contributed by atoms with Crippen molar-refractivity contribution in [3.63, 3.8) is 0 Å². The molecule has 1 aliphatic rings. The van der Waals surface area contributed by atoms with E-state index < -0.39 is 0 Å². The zero-order valence-electron chi connectivity index (χ0n) is 6.09. The minimum atomic E-state index is 0.657. The molecule has 1 unspecified atom stereocenters. The van der Waals surface area contributed by atoms with Gasteiger partial charge in [0.1, 0.15) is 0 Å². The normalized spacial score (nSPS) is 26.0. The third kappa shape index (κ3) is 1.67. The van der Waals surface area contributed by atoms with Crippen molar-refractivity contribution in [1.82, 2.24) is 0 Å². The molecule has 1 aliphatic heterocycles. The van der Waals surface area contributed by atoms with E-state index >= 15 is 0 Å². The molecule has 1 atom stereocenters. The van der Waals surface area contributed by atoms with Gasteiger partial charge in [-0.1, -0.05) is 19.9 Å². The molecule has 0 aromatic heterocycles. The first-order chi connectivity index (χ1) is 4.33. The molecule has 0 radical (unpaired) electrons. The van der Waals surface area contributed by atoms with Gasteiger partial charge in [0.15, 0.2) is 0 Å². The van der Waals surface area contributed by atoms with Crippen LogP contribution < -0.4 is 0 Å². The highest BCUT2D eigenvalue weighted by molar-refractivity contribution is 5.79. The molecule has 0 N–H and O–H groups in total. The van der Waals surface area contributed by atoms with Crippen molar-refractivity contribution in [2.24, 2.45) is 10.9 Å². The van der Waals surface area contributed by atoms with E-state index in [0.717, 1.165) is 13.0 Å². The molecule has 0 bridgehead atoms. The van der Waals surface area contributed by atoms with E-state index in [4.69, 9.17) is 0 Å². The van der Waals surface area contributed by atoms with Gasteiger partial charge in [0, 0.05) is 12.8 Å². The lowest BCUT2D eigenvalue weighted by Crippen LogP contribution is -2.03. The van der Waals surface area contributed by atoms with E-state index in [0.29, 0.717) is 5.92 Å². The van der Waals surface area contributed by atoms with Crippen LogP contribution in [0.5, 0.6) is 0 Å². The van der Waals surface area contributed by atoms with Gasteiger partial charge in [0.2, 0.25) is 0 Å². The number of nitrogens with zero attached hydrogens (tertiary/aromatic N) is 1. The summed E-state index contributed by atoms with van der Waals surface area (Å²) in [5.41, 5.74) is 1.38. The Morgan fingerprint density at radius 2 is 2.56 bits per heavy atom. The van der Waals surface area contributed by atoms with E-state index in [1.165, 1.54) is 5.57 Å². The standard InChI is InChI=1S/C8H13N/c1-3-8-4-7(2)5-9-6-8/h4,6-7H,3,5H2,1-2H3. The van der Waals surface area contributed by atoms with Crippen molar-refractivity contribution in [3.8, 4) is 0 Å². The molecule has 0 saturated heterocycles. The van der Waals surface area contributed by atoms with Gasteiger partial charge in [-0.05, 0) is 17.9 Å². The van der Waals surface area contributed by atoms with E-state index in [1.807, 2.05) is 6.21 Å². The third-order valence-corrected chi connectivity index (χ3v) is 1.56. The van der Waals surface area contributed by atoms with Crippen molar-refractivity contribution in [2.45, 2.75) is 20.3 Å². The Hall–Kier alpha value is -0.590. The molecular formula is C8H13N. The molecule has 1 rings (SSSR count). The summed E-state index contributed by atoms with van der Waals surface area (Å²) in [6.07, 6.45) is 5.40. The fraction of sp³-hybridized carbons (Fsp3) is 0.625. The monoisotopic (exact) mass is 123 g/mol. The Balaban J connectivity index is 2.59. The van der Waals surface area contributed by atoms with Crippen LogP contribution in [0.3, 0.4) is 0 Å². The molecule has 0 aromatic rings. The SMILES string of the molecule is CCC1=CC(C)CN=C1.